The van der Waals surface area contributed by atoms with Gasteiger partial charge < -0.3 is 5.73 Å². The first kappa shape index (κ1) is 14.0. The molecule has 0 aliphatic heterocycles. The van der Waals surface area contributed by atoms with Gasteiger partial charge in [0, 0.05) is 16.2 Å². The Morgan fingerprint density at radius 1 is 1.05 bits per heavy atom. The highest BCUT2D eigenvalue weighted by Crippen LogP contribution is 2.55. The van der Waals surface area contributed by atoms with Gasteiger partial charge in [0.15, 0.2) is 0 Å². The molecule has 0 atom stereocenters. The van der Waals surface area contributed by atoms with Crippen molar-refractivity contribution in [2.24, 2.45) is 5.73 Å². The molecular formula is C17H18ClNS. The van der Waals surface area contributed by atoms with Crippen LogP contribution in [0.3, 0.4) is 0 Å². The molecule has 1 saturated carbocycles. The summed E-state index contributed by atoms with van der Waals surface area (Å²) in [6, 6.07) is 18.7. The topological polar surface area (TPSA) is 26.0 Å². The second-order valence-corrected chi connectivity index (χ2v) is 7.35. The second kappa shape index (κ2) is 5.80. The molecule has 0 heterocycles. The third kappa shape index (κ3) is 2.73. The lowest BCUT2D eigenvalue weighted by Crippen LogP contribution is -2.45. The quantitative estimate of drug-likeness (QED) is 0.885. The van der Waals surface area contributed by atoms with Crippen molar-refractivity contribution in [3.63, 3.8) is 0 Å². The van der Waals surface area contributed by atoms with Crippen molar-refractivity contribution < 1.29 is 0 Å². The van der Waals surface area contributed by atoms with E-state index < -0.39 is 0 Å². The molecular weight excluding hydrogens is 286 g/mol. The van der Waals surface area contributed by atoms with E-state index in [1.54, 1.807) is 0 Å². The minimum Gasteiger partial charge on any atom is -0.329 e. The molecule has 0 spiro atoms. The van der Waals surface area contributed by atoms with Crippen LogP contribution in [0.1, 0.15) is 24.3 Å². The van der Waals surface area contributed by atoms with Gasteiger partial charge >= 0.3 is 0 Å². The van der Waals surface area contributed by atoms with Gasteiger partial charge in [0.1, 0.15) is 0 Å². The van der Waals surface area contributed by atoms with Gasteiger partial charge in [-0.15, -0.1) is 11.8 Å². The van der Waals surface area contributed by atoms with Crippen molar-refractivity contribution in [3.05, 3.63) is 65.2 Å². The van der Waals surface area contributed by atoms with Crippen molar-refractivity contribution >= 4 is 23.4 Å². The molecule has 3 heteroatoms. The van der Waals surface area contributed by atoms with Crippen LogP contribution in [-0.4, -0.2) is 11.3 Å². The summed E-state index contributed by atoms with van der Waals surface area (Å²) in [5.74, 6) is 0.634. The minimum atomic E-state index is 0.144. The lowest BCUT2D eigenvalue weighted by atomic mass is 9.70. The van der Waals surface area contributed by atoms with Crippen LogP contribution >= 0.6 is 23.4 Å². The maximum atomic E-state index is 6.26. The Balaban J connectivity index is 1.72. The Labute approximate surface area is 129 Å². The summed E-state index contributed by atoms with van der Waals surface area (Å²) >= 11 is 8.11. The van der Waals surface area contributed by atoms with Crippen molar-refractivity contribution in [1.29, 1.82) is 0 Å². The molecule has 2 N–H and O–H groups in total. The Bertz CT molecular complexity index is 579. The third-order valence-corrected chi connectivity index (χ3v) is 5.99. The van der Waals surface area contributed by atoms with Crippen LogP contribution in [0, 0.1) is 0 Å². The number of hydrogen-bond acceptors (Lipinski definition) is 2. The first-order valence-electron chi connectivity index (χ1n) is 6.91. The molecule has 2 aromatic rings. The first-order chi connectivity index (χ1) is 9.72. The van der Waals surface area contributed by atoms with Gasteiger partial charge in [-0.3, -0.25) is 0 Å². The Kier molecular flexibility index (Phi) is 4.06. The van der Waals surface area contributed by atoms with Gasteiger partial charge in [-0.25, -0.2) is 0 Å². The molecule has 1 nitrogen and oxygen atoms in total. The fraction of sp³-hybridized carbons (Fsp3) is 0.294. The summed E-state index contributed by atoms with van der Waals surface area (Å²) in [7, 11) is 0. The van der Waals surface area contributed by atoms with Crippen LogP contribution in [0.2, 0.25) is 5.02 Å². The summed E-state index contributed by atoms with van der Waals surface area (Å²) in [5.41, 5.74) is 7.47. The molecule has 0 bridgehead atoms. The van der Waals surface area contributed by atoms with Crippen LogP contribution in [0.5, 0.6) is 0 Å². The van der Waals surface area contributed by atoms with E-state index >= 15 is 0 Å². The van der Waals surface area contributed by atoms with Crippen LogP contribution in [-0.2, 0) is 0 Å². The maximum absolute atomic E-state index is 6.26. The predicted molar refractivity (Wildman–Crippen MR) is 87.5 cm³/mol. The van der Waals surface area contributed by atoms with E-state index in [9.17, 15) is 0 Å². The largest absolute Gasteiger partial charge is 0.329 e. The Hall–Kier alpha value is -0.960. The minimum absolute atomic E-state index is 0.144. The number of thioether (sulfide) groups is 1. The zero-order chi connectivity index (χ0) is 14.0. The van der Waals surface area contributed by atoms with Gasteiger partial charge in [0.05, 0.1) is 5.02 Å². The van der Waals surface area contributed by atoms with Gasteiger partial charge in [-0.1, -0.05) is 54.1 Å². The maximum Gasteiger partial charge on any atom is 0.0542 e. The van der Waals surface area contributed by atoms with E-state index in [4.69, 9.17) is 17.3 Å². The summed E-state index contributed by atoms with van der Waals surface area (Å²) in [6.07, 6.45) is 2.26. The summed E-state index contributed by atoms with van der Waals surface area (Å²) in [5, 5.41) is 0.827. The monoisotopic (exact) mass is 303 g/mol. The zero-order valence-electron chi connectivity index (χ0n) is 11.3. The van der Waals surface area contributed by atoms with Gasteiger partial charge in [-0.05, 0) is 36.5 Å². The fourth-order valence-electron chi connectivity index (χ4n) is 2.85. The molecule has 20 heavy (non-hydrogen) atoms. The summed E-state index contributed by atoms with van der Waals surface area (Å²) in [4.78, 5) is 1.14. The zero-order valence-corrected chi connectivity index (χ0v) is 12.8. The summed E-state index contributed by atoms with van der Waals surface area (Å²) < 4.78 is 0.144. The number of rotatable bonds is 4. The molecule has 1 fully saturated rings. The van der Waals surface area contributed by atoms with Crippen molar-refractivity contribution in [2.45, 2.75) is 28.4 Å². The van der Waals surface area contributed by atoms with Crippen molar-refractivity contribution in [2.75, 3.05) is 6.54 Å². The highest BCUT2D eigenvalue weighted by Gasteiger charge is 2.44. The lowest BCUT2D eigenvalue weighted by molar-refractivity contribution is 0.313. The smallest absolute Gasteiger partial charge is 0.0542 e. The standard InChI is InChI=1S/C17H18ClNS/c18-15-8-4-5-9-16(15)20-17(12-19)10-14(11-17)13-6-2-1-3-7-13/h1-9,14H,10-12,19H2. The lowest BCUT2D eigenvalue weighted by Gasteiger charge is -2.47. The van der Waals surface area contributed by atoms with Crippen LogP contribution in [0.25, 0.3) is 0 Å². The van der Waals surface area contributed by atoms with Gasteiger partial charge in [0.2, 0.25) is 0 Å². The molecule has 0 amide bonds. The van der Waals surface area contributed by atoms with E-state index in [1.807, 2.05) is 30.0 Å². The fourth-order valence-corrected chi connectivity index (χ4v) is 4.53. The van der Waals surface area contributed by atoms with E-state index in [0.29, 0.717) is 12.5 Å². The number of benzene rings is 2. The molecule has 1 aliphatic carbocycles. The van der Waals surface area contributed by atoms with Crippen LogP contribution in [0.15, 0.2) is 59.5 Å². The molecule has 104 valence electrons. The molecule has 0 radical (unpaired) electrons. The van der Waals surface area contributed by atoms with E-state index in [2.05, 4.69) is 36.4 Å². The Morgan fingerprint density at radius 2 is 1.70 bits per heavy atom. The Morgan fingerprint density at radius 3 is 2.35 bits per heavy atom. The van der Waals surface area contributed by atoms with Gasteiger partial charge in [0.25, 0.3) is 0 Å². The number of nitrogens with two attached hydrogens (primary N) is 1. The highest BCUT2D eigenvalue weighted by molar-refractivity contribution is 8.00. The van der Waals surface area contributed by atoms with Gasteiger partial charge in [-0.2, -0.15) is 0 Å². The van der Waals surface area contributed by atoms with Crippen LogP contribution in [0.4, 0.5) is 0 Å². The molecule has 0 unspecified atom stereocenters. The molecule has 1 aliphatic rings. The third-order valence-electron chi connectivity index (χ3n) is 4.04. The average molecular weight is 304 g/mol. The molecule has 0 aromatic heterocycles. The van der Waals surface area contributed by atoms with Crippen molar-refractivity contribution in [3.8, 4) is 0 Å². The van der Waals surface area contributed by atoms with E-state index in [1.165, 1.54) is 5.56 Å². The van der Waals surface area contributed by atoms with Crippen LogP contribution < -0.4 is 5.73 Å². The molecule has 3 rings (SSSR count). The second-order valence-electron chi connectivity index (χ2n) is 5.44. The molecule has 2 aromatic carbocycles. The number of halogens is 1. The SMILES string of the molecule is NCC1(Sc2ccccc2Cl)CC(c2ccccc2)C1. The van der Waals surface area contributed by atoms with E-state index in [-0.39, 0.29) is 4.75 Å². The molecule has 0 saturated heterocycles. The highest BCUT2D eigenvalue weighted by atomic mass is 35.5. The first-order valence-corrected chi connectivity index (χ1v) is 8.10. The predicted octanol–water partition coefficient (Wildman–Crippen LogP) is 4.71. The average Bonchev–Trinajstić information content (AvgIpc) is 2.45. The normalized spacial score (nSPS) is 25.2. The van der Waals surface area contributed by atoms with E-state index in [0.717, 1.165) is 22.8 Å². The number of hydrogen-bond donors (Lipinski definition) is 1. The van der Waals surface area contributed by atoms with Crippen molar-refractivity contribution in [1.82, 2.24) is 0 Å². The summed E-state index contributed by atoms with van der Waals surface area (Å²) in [6.45, 7) is 0.701.